The van der Waals surface area contributed by atoms with Gasteiger partial charge in [-0.3, -0.25) is 9.63 Å². The van der Waals surface area contributed by atoms with Crippen molar-refractivity contribution >= 4 is 22.8 Å². The smallest absolute Gasteiger partial charge is 0.378 e. The summed E-state index contributed by atoms with van der Waals surface area (Å²) in [6.45, 7) is 4.60. The molecule has 1 aromatic heterocycles. The summed E-state index contributed by atoms with van der Waals surface area (Å²) in [5, 5.41) is 6.95. The summed E-state index contributed by atoms with van der Waals surface area (Å²) in [5.74, 6) is 0.611. The fourth-order valence-electron chi connectivity index (χ4n) is 2.76. The Morgan fingerprint density at radius 1 is 1.35 bits per heavy atom. The predicted molar refractivity (Wildman–Crippen MR) is 95.7 cm³/mol. The van der Waals surface area contributed by atoms with Crippen molar-refractivity contribution in [2.45, 2.75) is 6.92 Å². The number of aromatic nitrogens is 2. The topological polar surface area (TPSA) is 98.0 Å². The molecule has 0 saturated carbocycles. The second kappa shape index (κ2) is 7.96. The highest BCUT2D eigenvalue weighted by atomic mass is 16.7. The van der Waals surface area contributed by atoms with Crippen LogP contribution >= 0.6 is 0 Å². The number of ether oxygens (including phenoxy) is 1. The van der Waals surface area contributed by atoms with Crippen molar-refractivity contribution in [2.24, 2.45) is 12.2 Å². The normalized spacial score (nSPS) is 15.2. The highest BCUT2D eigenvalue weighted by Crippen LogP contribution is 2.22. The zero-order valence-corrected chi connectivity index (χ0v) is 14.8. The van der Waals surface area contributed by atoms with Gasteiger partial charge in [0.25, 0.3) is 11.0 Å². The van der Waals surface area contributed by atoms with E-state index in [-0.39, 0.29) is 5.49 Å². The lowest BCUT2D eigenvalue weighted by atomic mass is 10.2. The molecule has 0 atom stereocenters. The summed E-state index contributed by atoms with van der Waals surface area (Å²) in [4.78, 5) is 35.5. The molecule has 1 saturated heterocycles. The summed E-state index contributed by atoms with van der Waals surface area (Å²) < 4.78 is 6.85. The van der Waals surface area contributed by atoms with Gasteiger partial charge in [-0.25, -0.2) is 9.78 Å². The number of amides is 1. The number of morpholine rings is 1. The summed E-state index contributed by atoms with van der Waals surface area (Å²) in [5.41, 5.74) is 0.0763. The van der Waals surface area contributed by atoms with E-state index < -0.39 is 11.7 Å². The third-order valence-electron chi connectivity index (χ3n) is 4.06. The highest BCUT2D eigenvalue weighted by Gasteiger charge is 2.17. The maximum atomic E-state index is 12.7. The number of anilines is 1. The van der Waals surface area contributed by atoms with Gasteiger partial charge in [0.2, 0.25) is 0 Å². The van der Waals surface area contributed by atoms with Crippen molar-refractivity contribution in [3.63, 3.8) is 0 Å². The molecular weight excluding hydrogens is 338 g/mol. The van der Waals surface area contributed by atoms with Crippen molar-refractivity contribution in [2.75, 3.05) is 37.7 Å². The first-order valence-electron chi connectivity index (χ1n) is 8.43. The van der Waals surface area contributed by atoms with Crippen LogP contribution in [0.15, 0.2) is 34.2 Å². The van der Waals surface area contributed by atoms with E-state index in [1.165, 1.54) is 4.57 Å². The standard InChI is InChI=1S/C17H21N5O4/c1-3-18-17(24)26-20-14-16(23)21(2)13-7-5-4-6-12(13)15(19-14)22-8-10-25-11-9-22/h4-7H,3,8-11H2,1-2H3,(H,18,24)/b20-14+. The molecule has 1 amide bonds. The van der Waals surface area contributed by atoms with Crippen LogP contribution in [0, 0.1) is 0 Å². The highest BCUT2D eigenvalue weighted by molar-refractivity contribution is 5.89. The molecule has 2 heterocycles. The van der Waals surface area contributed by atoms with E-state index >= 15 is 0 Å². The Morgan fingerprint density at radius 2 is 2.08 bits per heavy atom. The van der Waals surface area contributed by atoms with Gasteiger partial charge in [0.15, 0.2) is 0 Å². The Morgan fingerprint density at radius 3 is 2.81 bits per heavy atom. The van der Waals surface area contributed by atoms with Gasteiger partial charge in [-0.15, -0.1) is 0 Å². The van der Waals surface area contributed by atoms with Crippen LogP contribution in [0.1, 0.15) is 6.92 Å². The molecule has 9 heteroatoms. The minimum absolute atomic E-state index is 0.184. The van der Waals surface area contributed by atoms with Gasteiger partial charge < -0.3 is 19.5 Å². The van der Waals surface area contributed by atoms with Crippen LogP contribution in [0.3, 0.4) is 0 Å². The fourth-order valence-corrected chi connectivity index (χ4v) is 2.76. The Bertz CT molecular complexity index is 934. The maximum Gasteiger partial charge on any atom is 0.433 e. The van der Waals surface area contributed by atoms with Crippen molar-refractivity contribution in [1.82, 2.24) is 14.9 Å². The van der Waals surface area contributed by atoms with Gasteiger partial charge >= 0.3 is 6.09 Å². The Kier molecular flexibility index (Phi) is 5.47. The number of carbonyl (C=O) groups excluding carboxylic acids is 1. The average molecular weight is 359 g/mol. The van der Waals surface area contributed by atoms with Crippen LogP contribution in [0.2, 0.25) is 0 Å². The fraction of sp³-hybridized carbons (Fsp3) is 0.412. The molecule has 0 bridgehead atoms. The number of fused-ring (bicyclic) bond motifs is 1. The van der Waals surface area contributed by atoms with Gasteiger partial charge in [0.1, 0.15) is 5.82 Å². The number of nitrogens with zero attached hydrogens (tertiary/aromatic N) is 4. The number of hydrogen-bond donors (Lipinski definition) is 1. The molecule has 1 fully saturated rings. The SMILES string of the molecule is CCNC(=O)O/N=c1/nc(N2CCOCC2)c2ccccc2n(C)c1=O. The molecule has 26 heavy (non-hydrogen) atoms. The van der Waals surface area contributed by atoms with Crippen molar-refractivity contribution < 1.29 is 14.4 Å². The molecule has 0 radical (unpaired) electrons. The number of hydrogen-bond acceptors (Lipinski definition) is 7. The molecule has 1 aromatic carbocycles. The molecule has 1 N–H and O–H groups in total. The van der Waals surface area contributed by atoms with Gasteiger partial charge in [0.05, 0.1) is 18.7 Å². The predicted octanol–water partition coefficient (Wildman–Crippen LogP) is 0.332. The van der Waals surface area contributed by atoms with Crippen LogP contribution in [-0.4, -0.2) is 48.5 Å². The largest absolute Gasteiger partial charge is 0.433 e. The number of rotatable bonds is 3. The Hall–Kier alpha value is -2.94. The summed E-state index contributed by atoms with van der Waals surface area (Å²) in [7, 11) is 1.64. The molecule has 3 rings (SSSR count). The molecule has 0 spiro atoms. The average Bonchev–Trinajstić information content (AvgIpc) is 2.77. The van der Waals surface area contributed by atoms with Crippen molar-refractivity contribution in [3.05, 3.63) is 40.1 Å². The third kappa shape index (κ3) is 3.67. The molecule has 2 aromatic rings. The molecule has 138 valence electrons. The summed E-state index contributed by atoms with van der Waals surface area (Å²) in [6.07, 6.45) is -0.736. The zero-order chi connectivity index (χ0) is 18.5. The second-order valence-electron chi connectivity index (χ2n) is 5.74. The molecule has 0 unspecified atom stereocenters. The van der Waals surface area contributed by atoms with Crippen molar-refractivity contribution in [3.8, 4) is 0 Å². The van der Waals surface area contributed by atoms with Crippen LogP contribution < -0.4 is 21.3 Å². The van der Waals surface area contributed by atoms with Gasteiger partial charge in [-0.1, -0.05) is 12.1 Å². The number of para-hydroxylation sites is 1. The Balaban J connectivity index is 2.22. The quantitative estimate of drug-likeness (QED) is 0.627. The minimum atomic E-state index is -0.736. The monoisotopic (exact) mass is 359 g/mol. The first-order valence-corrected chi connectivity index (χ1v) is 8.43. The Labute approximate surface area is 149 Å². The number of benzene rings is 1. The van der Waals surface area contributed by atoms with E-state index in [4.69, 9.17) is 9.57 Å². The van der Waals surface area contributed by atoms with E-state index in [0.29, 0.717) is 44.2 Å². The van der Waals surface area contributed by atoms with Crippen LogP contribution in [0.4, 0.5) is 10.6 Å². The van der Waals surface area contributed by atoms with E-state index in [9.17, 15) is 9.59 Å². The van der Waals surface area contributed by atoms with Gasteiger partial charge in [-0.05, 0) is 24.2 Å². The number of nitrogens with one attached hydrogen (secondary N) is 1. The lowest BCUT2D eigenvalue weighted by molar-refractivity contribution is 0.122. The lowest BCUT2D eigenvalue weighted by Crippen LogP contribution is -2.39. The summed E-state index contributed by atoms with van der Waals surface area (Å²) >= 11 is 0. The molecule has 0 aliphatic carbocycles. The number of carbonyl (C=O) groups is 1. The van der Waals surface area contributed by atoms with E-state index in [2.05, 4.69) is 15.5 Å². The number of aryl methyl sites for hydroxylation is 1. The first-order chi connectivity index (χ1) is 12.6. The van der Waals surface area contributed by atoms with E-state index in [0.717, 1.165) is 5.39 Å². The van der Waals surface area contributed by atoms with E-state index in [1.54, 1.807) is 14.0 Å². The van der Waals surface area contributed by atoms with E-state index in [1.807, 2.05) is 29.2 Å². The minimum Gasteiger partial charge on any atom is -0.378 e. The molecule has 9 nitrogen and oxygen atoms in total. The molecule has 1 aliphatic rings. The lowest BCUT2D eigenvalue weighted by Gasteiger charge is -2.27. The molecular formula is C17H21N5O4. The van der Waals surface area contributed by atoms with Gasteiger partial charge in [-0.2, -0.15) is 0 Å². The van der Waals surface area contributed by atoms with Crippen LogP contribution in [-0.2, 0) is 16.6 Å². The maximum absolute atomic E-state index is 12.7. The summed E-state index contributed by atoms with van der Waals surface area (Å²) in [6, 6.07) is 7.49. The second-order valence-corrected chi connectivity index (χ2v) is 5.74. The first kappa shape index (κ1) is 17.9. The van der Waals surface area contributed by atoms with Crippen molar-refractivity contribution in [1.29, 1.82) is 0 Å². The third-order valence-corrected chi connectivity index (χ3v) is 4.06. The molecule has 1 aliphatic heterocycles. The van der Waals surface area contributed by atoms with Gasteiger partial charge in [0, 0.05) is 32.1 Å². The van der Waals surface area contributed by atoms with Crippen LogP contribution in [0.25, 0.3) is 10.9 Å². The zero-order valence-electron chi connectivity index (χ0n) is 14.8. The van der Waals surface area contributed by atoms with Crippen LogP contribution in [0.5, 0.6) is 0 Å².